The van der Waals surface area contributed by atoms with Crippen LogP contribution in [0.5, 0.6) is 0 Å². The first-order chi connectivity index (χ1) is 14.7. The second-order valence-corrected chi connectivity index (χ2v) is 12.5. The van der Waals surface area contributed by atoms with Gasteiger partial charge in [-0.1, -0.05) is 41.5 Å². The highest BCUT2D eigenvalue weighted by Crippen LogP contribution is 2.52. The summed E-state index contributed by atoms with van der Waals surface area (Å²) >= 11 is 0. The van der Waals surface area contributed by atoms with E-state index >= 15 is 0 Å². The van der Waals surface area contributed by atoms with Crippen molar-refractivity contribution in [2.75, 3.05) is 18.5 Å². The van der Waals surface area contributed by atoms with Crippen LogP contribution in [-0.2, 0) is 13.9 Å². The van der Waals surface area contributed by atoms with Crippen molar-refractivity contribution in [3.8, 4) is 0 Å². The number of fused-ring (bicyclic) bond motifs is 1. The number of benzene rings is 1. The van der Waals surface area contributed by atoms with Crippen molar-refractivity contribution in [1.82, 2.24) is 4.90 Å². The molecule has 0 fully saturated rings. The summed E-state index contributed by atoms with van der Waals surface area (Å²) < 4.78 is 37.3. The van der Waals surface area contributed by atoms with Crippen molar-refractivity contribution in [1.29, 1.82) is 0 Å². The molecule has 0 saturated heterocycles. The molecule has 7 nitrogen and oxygen atoms in total. The topological polar surface area (TPSA) is 91.2 Å². The van der Waals surface area contributed by atoms with E-state index in [-0.39, 0.29) is 40.2 Å². The Morgan fingerprint density at radius 2 is 1.91 bits per heavy atom. The summed E-state index contributed by atoms with van der Waals surface area (Å²) in [6, 6.07) is 3.17. The lowest BCUT2D eigenvalue weighted by atomic mass is 9.84. The summed E-state index contributed by atoms with van der Waals surface area (Å²) in [6.45, 7) is 14.3. The van der Waals surface area contributed by atoms with Gasteiger partial charge in [-0.05, 0) is 42.4 Å². The number of carbonyl (C=O) groups is 1. The number of anilines is 1. The zero-order valence-electron chi connectivity index (χ0n) is 19.8. The van der Waals surface area contributed by atoms with Gasteiger partial charge in [0.05, 0.1) is 23.6 Å². The molecule has 1 aromatic rings. The first-order valence-corrected chi connectivity index (χ1v) is 12.4. The number of nitrogens with one attached hydrogen (secondary N) is 1. The lowest BCUT2D eigenvalue weighted by Gasteiger charge is -2.36. The maximum absolute atomic E-state index is 13.9. The summed E-state index contributed by atoms with van der Waals surface area (Å²) in [5.74, 6) is -1.13. The third-order valence-corrected chi connectivity index (χ3v) is 7.58. The van der Waals surface area contributed by atoms with Crippen LogP contribution in [0.25, 0.3) is 0 Å². The molecule has 2 aliphatic rings. The van der Waals surface area contributed by atoms with E-state index in [1.165, 1.54) is 18.2 Å². The molecule has 0 aliphatic carbocycles. The van der Waals surface area contributed by atoms with E-state index in [1.54, 1.807) is 11.8 Å². The first-order valence-electron chi connectivity index (χ1n) is 10.8. The fraction of sp³-hybridized carbons (Fsp3) is 0.565. The normalized spacial score (nSPS) is 23.9. The van der Waals surface area contributed by atoms with Crippen molar-refractivity contribution < 1.29 is 23.4 Å². The van der Waals surface area contributed by atoms with Gasteiger partial charge in [-0.3, -0.25) is 9.36 Å². The molecule has 32 heavy (non-hydrogen) atoms. The van der Waals surface area contributed by atoms with Crippen molar-refractivity contribution in [3.63, 3.8) is 0 Å². The number of rotatable bonds is 5. The van der Waals surface area contributed by atoms with Crippen molar-refractivity contribution in [2.24, 2.45) is 15.6 Å². The van der Waals surface area contributed by atoms with Gasteiger partial charge in [0.2, 0.25) is 0 Å². The largest absolute Gasteiger partial charge is 0.509 e. The zero-order valence-corrected chi connectivity index (χ0v) is 20.7. The maximum atomic E-state index is 13.9. The van der Waals surface area contributed by atoms with Gasteiger partial charge < -0.3 is 19.8 Å². The zero-order chi connectivity index (χ0) is 24.1. The van der Waals surface area contributed by atoms with Gasteiger partial charge in [0, 0.05) is 6.54 Å². The van der Waals surface area contributed by atoms with Crippen molar-refractivity contribution >= 4 is 30.3 Å². The van der Waals surface area contributed by atoms with Crippen LogP contribution in [0.3, 0.4) is 0 Å². The maximum Gasteiger partial charge on any atom is 0.348 e. The third kappa shape index (κ3) is 4.62. The highest BCUT2D eigenvalue weighted by Gasteiger charge is 2.48. The highest BCUT2D eigenvalue weighted by atomic mass is 31.2. The van der Waals surface area contributed by atoms with Crippen LogP contribution in [0.15, 0.2) is 34.3 Å². The Morgan fingerprint density at radius 3 is 2.47 bits per heavy atom. The minimum atomic E-state index is -3.76. The van der Waals surface area contributed by atoms with Crippen LogP contribution in [0.1, 0.15) is 54.9 Å². The van der Waals surface area contributed by atoms with E-state index in [1.807, 2.05) is 20.8 Å². The second kappa shape index (κ2) is 8.31. The van der Waals surface area contributed by atoms with E-state index in [2.05, 4.69) is 30.9 Å². The Balaban J connectivity index is 2.10. The molecule has 0 bridgehead atoms. The number of amidine groups is 1. The molecule has 0 spiro atoms. The van der Waals surface area contributed by atoms with Crippen LogP contribution in [-0.4, -0.2) is 40.9 Å². The van der Waals surface area contributed by atoms with Gasteiger partial charge >= 0.3 is 7.52 Å². The standard InChI is InChI=1S/C23H33FN3O4P/c1-8-31-32(30)16-10-9-14(24)13-15(16)25-20(26-32)17-18(28)19(23(5,6)7)27(21(17)29)12-11-22(2,3)4/h9-10,13,19,28H,8,11-12H2,1-7H3,(H,25,26,30)/t19-,32?/m1/s1. The van der Waals surface area contributed by atoms with Crippen molar-refractivity contribution in [2.45, 2.75) is 60.9 Å². The molecule has 1 aromatic carbocycles. The monoisotopic (exact) mass is 465 g/mol. The molecule has 0 radical (unpaired) electrons. The lowest BCUT2D eigenvalue weighted by Crippen LogP contribution is -2.45. The number of carbonyl (C=O) groups excluding carboxylic acids is 1. The molecule has 0 saturated carbocycles. The van der Waals surface area contributed by atoms with E-state index in [9.17, 15) is 18.9 Å². The SMILES string of the molecule is CCOP1(=O)N=C(C2=C(O)[C@H](C(C)(C)C)N(CCC(C)(C)C)C2=O)Nc2cc(F)ccc21. The Morgan fingerprint density at radius 1 is 1.25 bits per heavy atom. The Kier molecular flexibility index (Phi) is 6.35. The molecule has 1 amide bonds. The average Bonchev–Trinajstić information content (AvgIpc) is 2.88. The van der Waals surface area contributed by atoms with E-state index in [0.717, 1.165) is 6.42 Å². The summed E-state index contributed by atoms with van der Waals surface area (Å²) in [6.07, 6.45) is 0.733. The molecule has 0 aromatic heterocycles. The van der Waals surface area contributed by atoms with Gasteiger partial charge in [0.15, 0.2) is 5.84 Å². The predicted molar refractivity (Wildman–Crippen MR) is 125 cm³/mol. The van der Waals surface area contributed by atoms with Gasteiger partial charge in [0.1, 0.15) is 17.1 Å². The Hall–Kier alpha value is -2.18. The molecule has 2 atom stereocenters. The molecule has 1 unspecified atom stereocenters. The Labute approximate surface area is 189 Å². The van der Waals surface area contributed by atoms with E-state index in [0.29, 0.717) is 6.54 Å². The summed E-state index contributed by atoms with van der Waals surface area (Å²) in [4.78, 5) is 15.2. The van der Waals surface area contributed by atoms with Crippen LogP contribution in [0.2, 0.25) is 0 Å². The number of hydrogen-bond acceptors (Lipinski definition) is 5. The second-order valence-electron chi connectivity index (χ2n) is 10.5. The summed E-state index contributed by atoms with van der Waals surface area (Å²) in [5.41, 5.74) is -0.306. The van der Waals surface area contributed by atoms with Crippen molar-refractivity contribution in [3.05, 3.63) is 35.3 Å². The fourth-order valence-electron chi connectivity index (χ4n) is 4.02. The molecule has 2 aliphatic heterocycles. The van der Waals surface area contributed by atoms with E-state index in [4.69, 9.17) is 4.52 Å². The molecule has 2 N–H and O–H groups in total. The predicted octanol–water partition coefficient (Wildman–Crippen LogP) is 5.01. The molecular weight excluding hydrogens is 432 g/mol. The highest BCUT2D eigenvalue weighted by molar-refractivity contribution is 7.66. The summed E-state index contributed by atoms with van der Waals surface area (Å²) in [7, 11) is -3.76. The number of hydrogen-bond donors (Lipinski definition) is 2. The lowest BCUT2D eigenvalue weighted by molar-refractivity contribution is -0.128. The van der Waals surface area contributed by atoms with Crippen LogP contribution < -0.4 is 10.6 Å². The van der Waals surface area contributed by atoms with Crippen LogP contribution in [0, 0.1) is 16.6 Å². The molecule has 2 heterocycles. The third-order valence-electron chi connectivity index (χ3n) is 5.51. The van der Waals surface area contributed by atoms with Crippen LogP contribution >= 0.6 is 7.52 Å². The molecule has 176 valence electrons. The van der Waals surface area contributed by atoms with Gasteiger partial charge in [-0.25, -0.2) is 4.39 Å². The average molecular weight is 466 g/mol. The number of aliphatic hydroxyl groups is 1. The first kappa shape index (κ1) is 24.5. The smallest absolute Gasteiger partial charge is 0.348 e. The number of amides is 1. The van der Waals surface area contributed by atoms with Gasteiger partial charge in [-0.2, -0.15) is 4.76 Å². The number of aliphatic hydroxyl groups excluding tert-OH is 1. The quantitative estimate of drug-likeness (QED) is 0.597. The molecular formula is C23H33FN3O4P. The Bertz CT molecular complexity index is 1040. The molecule has 9 heteroatoms. The van der Waals surface area contributed by atoms with Gasteiger partial charge in [-0.15, -0.1) is 0 Å². The number of halogens is 1. The summed E-state index contributed by atoms with van der Waals surface area (Å²) in [5, 5.41) is 14.3. The fourth-order valence-corrected chi connectivity index (χ4v) is 5.78. The van der Waals surface area contributed by atoms with Gasteiger partial charge in [0.25, 0.3) is 5.91 Å². The van der Waals surface area contributed by atoms with E-state index < -0.39 is 30.7 Å². The molecule has 3 rings (SSSR count). The number of nitrogens with zero attached hydrogens (tertiary/aromatic N) is 2. The van der Waals surface area contributed by atoms with Crippen LogP contribution in [0.4, 0.5) is 10.1 Å². The minimum Gasteiger partial charge on any atom is -0.509 e. The minimum absolute atomic E-state index is 0.0111.